The van der Waals surface area contributed by atoms with Crippen LogP contribution in [0.25, 0.3) is 0 Å². The van der Waals surface area contributed by atoms with Gasteiger partial charge in [0, 0.05) is 44.3 Å². The molecule has 0 N–H and O–H groups in total. The molecule has 2 aromatic rings. The molecule has 0 bridgehead atoms. The van der Waals surface area contributed by atoms with Crippen LogP contribution in [0.3, 0.4) is 0 Å². The number of nitrogens with zero attached hydrogens (tertiary/aromatic N) is 3. The fourth-order valence-electron chi connectivity index (χ4n) is 2.71. The van der Waals surface area contributed by atoms with E-state index in [9.17, 15) is 18.9 Å². The number of rotatable bonds is 4. The summed E-state index contributed by atoms with van der Waals surface area (Å²) in [5.41, 5.74) is -0.0403. The number of hydrogen-bond acceptors (Lipinski definition) is 5. The van der Waals surface area contributed by atoms with Gasteiger partial charge >= 0.3 is 5.69 Å². The van der Waals surface area contributed by atoms with Crippen LogP contribution in [-0.4, -0.2) is 29.1 Å². The zero-order chi connectivity index (χ0) is 17.1. The van der Waals surface area contributed by atoms with E-state index in [1.54, 1.807) is 0 Å². The van der Waals surface area contributed by atoms with E-state index < -0.39 is 16.6 Å². The largest absolute Gasteiger partial charge is 0.487 e. The van der Waals surface area contributed by atoms with Crippen LogP contribution in [0.5, 0.6) is 5.75 Å². The number of piperidine rings is 1. The Bertz CT molecular complexity index is 749. The van der Waals surface area contributed by atoms with Crippen LogP contribution in [0.4, 0.5) is 20.3 Å². The van der Waals surface area contributed by atoms with Crippen molar-refractivity contribution in [3.63, 3.8) is 0 Å². The van der Waals surface area contributed by atoms with Gasteiger partial charge < -0.3 is 9.64 Å². The summed E-state index contributed by atoms with van der Waals surface area (Å²) in [4.78, 5) is 16.5. The second-order valence-electron chi connectivity index (χ2n) is 5.48. The second kappa shape index (κ2) is 6.77. The molecule has 0 aliphatic carbocycles. The van der Waals surface area contributed by atoms with Crippen molar-refractivity contribution in [3.8, 4) is 5.75 Å². The van der Waals surface area contributed by atoms with Crippen molar-refractivity contribution < 1.29 is 18.4 Å². The van der Waals surface area contributed by atoms with E-state index in [0.717, 1.165) is 12.1 Å². The zero-order valence-corrected chi connectivity index (χ0v) is 12.7. The lowest BCUT2D eigenvalue weighted by molar-refractivity contribution is -0.384. The number of anilines is 1. The van der Waals surface area contributed by atoms with Gasteiger partial charge in [-0.1, -0.05) is 0 Å². The Hall–Kier alpha value is -2.77. The molecule has 0 unspecified atom stereocenters. The Balaban J connectivity index is 1.65. The minimum atomic E-state index is -0.738. The first-order chi connectivity index (χ1) is 11.5. The van der Waals surface area contributed by atoms with E-state index in [1.165, 1.54) is 24.4 Å². The Morgan fingerprint density at radius 2 is 2.00 bits per heavy atom. The van der Waals surface area contributed by atoms with E-state index in [2.05, 4.69) is 4.98 Å². The van der Waals surface area contributed by atoms with Crippen molar-refractivity contribution in [3.05, 3.63) is 58.3 Å². The maximum Gasteiger partial charge on any atom is 0.311 e. The monoisotopic (exact) mass is 335 g/mol. The molecule has 2 heterocycles. The van der Waals surface area contributed by atoms with Gasteiger partial charge in [-0.2, -0.15) is 0 Å². The fourth-order valence-corrected chi connectivity index (χ4v) is 2.71. The maximum atomic E-state index is 13.6. The van der Waals surface area contributed by atoms with Crippen LogP contribution in [0.15, 0.2) is 36.5 Å². The average Bonchev–Trinajstić information content (AvgIpc) is 2.58. The summed E-state index contributed by atoms with van der Waals surface area (Å²) in [6.07, 6.45) is 2.40. The van der Waals surface area contributed by atoms with Crippen LogP contribution in [0.1, 0.15) is 12.8 Å². The normalized spacial score (nSPS) is 15.3. The molecule has 0 spiro atoms. The summed E-state index contributed by atoms with van der Waals surface area (Å²) in [7, 11) is 0. The first kappa shape index (κ1) is 16.1. The highest BCUT2D eigenvalue weighted by Gasteiger charge is 2.27. The highest BCUT2D eigenvalue weighted by molar-refractivity contribution is 5.57. The quantitative estimate of drug-likeness (QED) is 0.633. The van der Waals surface area contributed by atoms with Crippen molar-refractivity contribution in [1.82, 2.24) is 4.98 Å². The van der Waals surface area contributed by atoms with Gasteiger partial charge in [0.05, 0.1) is 4.92 Å². The lowest BCUT2D eigenvalue weighted by atomic mass is 10.1. The van der Waals surface area contributed by atoms with Gasteiger partial charge in [0.1, 0.15) is 11.9 Å². The SMILES string of the molecule is O=[N+]([O-])c1cccnc1N1CCC(Oc2ccc(F)cc2F)CC1. The summed E-state index contributed by atoms with van der Waals surface area (Å²) in [6, 6.07) is 6.13. The highest BCUT2D eigenvalue weighted by Crippen LogP contribution is 2.29. The second-order valence-corrected chi connectivity index (χ2v) is 5.48. The molecule has 0 saturated carbocycles. The van der Waals surface area contributed by atoms with Gasteiger partial charge in [-0.25, -0.2) is 13.8 Å². The van der Waals surface area contributed by atoms with Crippen LogP contribution in [0.2, 0.25) is 0 Å². The predicted octanol–water partition coefficient (Wildman–Crippen LogP) is 3.32. The molecule has 1 fully saturated rings. The third-order valence-corrected chi connectivity index (χ3v) is 3.89. The summed E-state index contributed by atoms with van der Waals surface area (Å²) in [5, 5.41) is 11.1. The number of hydrogen-bond donors (Lipinski definition) is 0. The molecule has 1 aliphatic heterocycles. The molecule has 0 atom stereocenters. The van der Waals surface area contributed by atoms with Gasteiger partial charge in [-0.05, 0) is 18.2 Å². The Kier molecular flexibility index (Phi) is 4.54. The lowest BCUT2D eigenvalue weighted by Crippen LogP contribution is -2.39. The molecule has 126 valence electrons. The van der Waals surface area contributed by atoms with Gasteiger partial charge in [0.15, 0.2) is 11.6 Å². The number of ether oxygens (including phenoxy) is 1. The van der Waals surface area contributed by atoms with E-state index in [0.29, 0.717) is 31.7 Å². The topological polar surface area (TPSA) is 68.5 Å². The number of benzene rings is 1. The van der Waals surface area contributed by atoms with E-state index in [1.807, 2.05) is 4.90 Å². The third-order valence-electron chi connectivity index (χ3n) is 3.89. The summed E-state index contributed by atoms with van der Waals surface area (Å²) in [6.45, 7) is 1.01. The first-order valence-electron chi connectivity index (χ1n) is 7.50. The summed E-state index contributed by atoms with van der Waals surface area (Å²) >= 11 is 0. The van der Waals surface area contributed by atoms with Crippen molar-refractivity contribution in [1.29, 1.82) is 0 Å². The molecule has 1 aliphatic rings. The molecule has 1 saturated heterocycles. The standard InChI is InChI=1S/C16H15F2N3O3/c17-11-3-4-15(13(18)10-11)24-12-5-8-20(9-6-12)16-14(21(22)23)2-1-7-19-16/h1-4,7,10,12H,5-6,8-9H2. The van der Waals surface area contributed by atoms with Gasteiger partial charge in [0.25, 0.3) is 0 Å². The number of pyridine rings is 1. The molecular weight excluding hydrogens is 320 g/mol. The van der Waals surface area contributed by atoms with E-state index >= 15 is 0 Å². The molecule has 1 aromatic carbocycles. The molecule has 8 heteroatoms. The van der Waals surface area contributed by atoms with Crippen LogP contribution >= 0.6 is 0 Å². The lowest BCUT2D eigenvalue weighted by Gasteiger charge is -2.32. The molecule has 6 nitrogen and oxygen atoms in total. The Morgan fingerprint density at radius 3 is 2.67 bits per heavy atom. The minimum Gasteiger partial charge on any atom is -0.487 e. The average molecular weight is 335 g/mol. The number of nitro groups is 1. The number of aromatic nitrogens is 1. The summed E-state index contributed by atoms with van der Waals surface area (Å²) < 4.78 is 32.1. The van der Waals surface area contributed by atoms with E-state index in [4.69, 9.17) is 4.74 Å². The fraction of sp³-hybridized carbons (Fsp3) is 0.312. The van der Waals surface area contributed by atoms with Crippen LogP contribution in [-0.2, 0) is 0 Å². The molecule has 3 rings (SSSR count). The summed E-state index contributed by atoms with van der Waals surface area (Å²) in [5.74, 6) is -1.05. The van der Waals surface area contributed by atoms with Crippen molar-refractivity contribution in [2.45, 2.75) is 18.9 Å². The molecule has 0 radical (unpaired) electrons. The molecule has 24 heavy (non-hydrogen) atoms. The van der Waals surface area contributed by atoms with Crippen LogP contribution < -0.4 is 9.64 Å². The highest BCUT2D eigenvalue weighted by atomic mass is 19.1. The Labute approximate surface area is 136 Å². The van der Waals surface area contributed by atoms with Crippen molar-refractivity contribution in [2.24, 2.45) is 0 Å². The third kappa shape index (κ3) is 3.42. The molecular formula is C16H15F2N3O3. The van der Waals surface area contributed by atoms with E-state index in [-0.39, 0.29) is 17.5 Å². The van der Waals surface area contributed by atoms with Gasteiger partial charge in [-0.15, -0.1) is 0 Å². The van der Waals surface area contributed by atoms with Gasteiger partial charge in [0.2, 0.25) is 5.82 Å². The van der Waals surface area contributed by atoms with Crippen molar-refractivity contribution in [2.75, 3.05) is 18.0 Å². The maximum absolute atomic E-state index is 13.6. The van der Waals surface area contributed by atoms with Gasteiger partial charge in [-0.3, -0.25) is 10.1 Å². The van der Waals surface area contributed by atoms with Crippen molar-refractivity contribution >= 4 is 11.5 Å². The Morgan fingerprint density at radius 1 is 1.25 bits per heavy atom. The first-order valence-corrected chi connectivity index (χ1v) is 7.50. The van der Waals surface area contributed by atoms with Crippen LogP contribution in [0, 0.1) is 21.7 Å². The molecule has 0 amide bonds. The predicted molar refractivity (Wildman–Crippen MR) is 83.1 cm³/mol. The minimum absolute atomic E-state index is 0.0127. The molecule has 1 aromatic heterocycles. The smallest absolute Gasteiger partial charge is 0.311 e. The zero-order valence-electron chi connectivity index (χ0n) is 12.7. The number of halogens is 2.